The Morgan fingerprint density at radius 3 is 2.50 bits per heavy atom. The molecule has 3 aromatic rings. The van der Waals surface area contributed by atoms with Crippen molar-refractivity contribution in [1.29, 1.82) is 0 Å². The van der Waals surface area contributed by atoms with E-state index in [0.717, 1.165) is 47.1 Å². The first-order valence-corrected chi connectivity index (χ1v) is 11.0. The number of halogens is 3. The molecular weight excluding hydrogens is 443 g/mol. The van der Waals surface area contributed by atoms with Gasteiger partial charge in [-0.3, -0.25) is 4.99 Å². The van der Waals surface area contributed by atoms with Crippen molar-refractivity contribution in [2.24, 2.45) is 10.9 Å². The SMILES string of the molecule is COC(=O)c1ccc(C2=NC3CCC3C(c3ccco3)=C2Cc2cccc(C(F)(F)F)c2)cc1. The molecule has 34 heavy (non-hydrogen) atoms. The summed E-state index contributed by atoms with van der Waals surface area (Å²) in [6, 6.07) is 16.2. The van der Waals surface area contributed by atoms with E-state index in [4.69, 9.17) is 14.1 Å². The molecule has 7 heteroatoms. The number of fused-ring (bicyclic) bond motifs is 1. The fourth-order valence-electron chi connectivity index (χ4n) is 4.70. The Morgan fingerprint density at radius 2 is 1.88 bits per heavy atom. The van der Waals surface area contributed by atoms with Crippen molar-refractivity contribution >= 4 is 17.3 Å². The van der Waals surface area contributed by atoms with E-state index < -0.39 is 17.7 Å². The van der Waals surface area contributed by atoms with E-state index >= 15 is 0 Å². The number of allylic oxidation sites excluding steroid dienone is 1. The Morgan fingerprint density at radius 1 is 1.09 bits per heavy atom. The van der Waals surface area contributed by atoms with Crippen molar-refractivity contribution in [3.8, 4) is 0 Å². The summed E-state index contributed by atoms with van der Waals surface area (Å²) in [4.78, 5) is 16.9. The van der Waals surface area contributed by atoms with E-state index in [1.807, 2.05) is 12.1 Å². The molecule has 0 N–H and O–H groups in total. The largest absolute Gasteiger partial charge is 0.465 e. The van der Waals surface area contributed by atoms with Gasteiger partial charge in [0.1, 0.15) is 5.76 Å². The highest BCUT2D eigenvalue weighted by molar-refractivity contribution is 6.18. The van der Waals surface area contributed by atoms with Crippen molar-refractivity contribution in [3.05, 3.63) is 101 Å². The van der Waals surface area contributed by atoms with Crippen LogP contribution in [0.25, 0.3) is 5.57 Å². The fraction of sp³-hybridized carbons (Fsp3) is 0.259. The summed E-state index contributed by atoms with van der Waals surface area (Å²) in [6.45, 7) is 0. The van der Waals surface area contributed by atoms with Crippen molar-refractivity contribution in [3.63, 3.8) is 0 Å². The van der Waals surface area contributed by atoms with Crippen LogP contribution in [0.15, 0.2) is 81.9 Å². The van der Waals surface area contributed by atoms with Gasteiger partial charge in [0.15, 0.2) is 0 Å². The van der Waals surface area contributed by atoms with Crippen LogP contribution in [0, 0.1) is 5.92 Å². The zero-order valence-corrected chi connectivity index (χ0v) is 18.4. The quantitative estimate of drug-likeness (QED) is 0.412. The highest BCUT2D eigenvalue weighted by Crippen LogP contribution is 2.47. The molecule has 5 rings (SSSR count). The first-order chi connectivity index (χ1) is 16.3. The Balaban J connectivity index is 1.62. The van der Waals surface area contributed by atoms with Crippen LogP contribution in [0.2, 0.25) is 0 Å². The minimum Gasteiger partial charge on any atom is -0.465 e. The third-order valence-corrected chi connectivity index (χ3v) is 6.52. The maximum Gasteiger partial charge on any atom is 0.416 e. The van der Waals surface area contributed by atoms with Gasteiger partial charge in [-0.2, -0.15) is 13.2 Å². The number of alkyl halides is 3. The molecule has 0 saturated heterocycles. The molecular formula is C27H22F3NO3. The van der Waals surface area contributed by atoms with Gasteiger partial charge in [0.25, 0.3) is 0 Å². The van der Waals surface area contributed by atoms with Gasteiger partial charge in [-0.25, -0.2) is 4.79 Å². The summed E-state index contributed by atoms with van der Waals surface area (Å²) >= 11 is 0. The minimum atomic E-state index is -4.42. The summed E-state index contributed by atoms with van der Waals surface area (Å²) in [5.74, 6) is 0.451. The van der Waals surface area contributed by atoms with Crippen LogP contribution >= 0.6 is 0 Å². The molecule has 2 atom stereocenters. The number of hydrogen-bond acceptors (Lipinski definition) is 4. The van der Waals surface area contributed by atoms with Gasteiger partial charge in [-0.05, 0) is 54.3 Å². The Bertz CT molecular complexity index is 1270. The third-order valence-electron chi connectivity index (χ3n) is 6.52. The smallest absolute Gasteiger partial charge is 0.416 e. The number of dihydropyridines is 1. The number of benzene rings is 2. The van der Waals surface area contributed by atoms with Gasteiger partial charge in [-0.1, -0.05) is 30.3 Å². The molecule has 4 nitrogen and oxygen atoms in total. The van der Waals surface area contributed by atoms with E-state index in [0.29, 0.717) is 11.1 Å². The van der Waals surface area contributed by atoms with Gasteiger partial charge in [0.05, 0.1) is 36.3 Å². The second-order valence-electron chi connectivity index (χ2n) is 8.54. The number of ether oxygens (including phenoxy) is 1. The molecule has 1 fully saturated rings. The zero-order chi connectivity index (χ0) is 23.9. The summed E-state index contributed by atoms with van der Waals surface area (Å²) in [7, 11) is 1.32. The molecule has 1 aliphatic heterocycles. The van der Waals surface area contributed by atoms with Crippen molar-refractivity contribution in [2.45, 2.75) is 31.5 Å². The van der Waals surface area contributed by atoms with Crippen LogP contribution in [0.5, 0.6) is 0 Å². The normalized spacial score (nSPS) is 19.8. The second kappa shape index (κ2) is 8.63. The summed E-state index contributed by atoms with van der Waals surface area (Å²) in [5, 5.41) is 0. The summed E-state index contributed by atoms with van der Waals surface area (Å²) in [6.07, 6.45) is -0.643. The lowest BCUT2D eigenvalue weighted by Gasteiger charge is -2.40. The molecule has 0 spiro atoms. The number of furan rings is 1. The molecule has 2 unspecified atom stereocenters. The van der Waals surface area contributed by atoms with Crippen LogP contribution in [0.4, 0.5) is 13.2 Å². The van der Waals surface area contributed by atoms with E-state index in [1.54, 1.807) is 36.6 Å². The first-order valence-electron chi connectivity index (χ1n) is 11.0. The number of nitrogens with zero attached hydrogens (tertiary/aromatic N) is 1. The predicted octanol–water partition coefficient (Wildman–Crippen LogP) is 6.36. The van der Waals surface area contributed by atoms with Gasteiger partial charge < -0.3 is 9.15 Å². The first kappa shape index (κ1) is 22.2. The fourth-order valence-corrected chi connectivity index (χ4v) is 4.70. The van der Waals surface area contributed by atoms with Gasteiger partial charge in [-0.15, -0.1) is 0 Å². The summed E-state index contributed by atoms with van der Waals surface area (Å²) < 4.78 is 50.6. The average molecular weight is 465 g/mol. The molecule has 2 heterocycles. The standard InChI is InChI=1S/C27H22F3NO3/c1-33-26(32)18-9-7-17(8-10-18)25-21(15-16-4-2-5-19(14-16)27(28,29)30)24(23-6-3-13-34-23)20-11-12-22(20)31-25/h2-10,13-14,20,22H,11-12,15H2,1H3. The van der Waals surface area contributed by atoms with Crippen molar-refractivity contribution in [2.75, 3.05) is 7.11 Å². The van der Waals surface area contributed by atoms with Crippen LogP contribution in [-0.4, -0.2) is 24.8 Å². The maximum absolute atomic E-state index is 13.4. The molecule has 1 aliphatic carbocycles. The number of methoxy groups -OCH3 is 1. The second-order valence-corrected chi connectivity index (χ2v) is 8.54. The van der Waals surface area contributed by atoms with Crippen LogP contribution in [-0.2, 0) is 17.3 Å². The maximum atomic E-state index is 13.4. The number of esters is 1. The molecule has 1 aromatic heterocycles. The lowest BCUT2D eigenvalue weighted by atomic mass is 9.69. The molecule has 0 bridgehead atoms. The zero-order valence-electron chi connectivity index (χ0n) is 18.4. The van der Waals surface area contributed by atoms with E-state index in [9.17, 15) is 18.0 Å². The van der Waals surface area contributed by atoms with Crippen LogP contribution in [0.1, 0.15) is 45.7 Å². The number of aliphatic imine (C=N–C) groups is 1. The average Bonchev–Trinajstić information content (AvgIpc) is 3.35. The molecule has 174 valence electrons. The lowest BCUT2D eigenvalue weighted by Crippen LogP contribution is -2.37. The molecule has 0 amide bonds. The third kappa shape index (κ3) is 4.06. The number of rotatable bonds is 5. The molecule has 0 radical (unpaired) electrons. The number of carbonyl (C=O) groups excluding carboxylic acids is 1. The highest BCUT2D eigenvalue weighted by atomic mass is 19.4. The highest BCUT2D eigenvalue weighted by Gasteiger charge is 2.41. The number of carbonyl (C=O) groups is 1. The molecule has 1 saturated carbocycles. The number of hydrogen-bond donors (Lipinski definition) is 0. The van der Waals surface area contributed by atoms with E-state index in [1.165, 1.54) is 19.2 Å². The lowest BCUT2D eigenvalue weighted by molar-refractivity contribution is -0.137. The van der Waals surface area contributed by atoms with Crippen LogP contribution < -0.4 is 0 Å². The topological polar surface area (TPSA) is 51.8 Å². The van der Waals surface area contributed by atoms with Gasteiger partial charge in [0.2, 0.25) is 0 Å². The van der Waals surface area contributed by atoms with Gasteiger partial charge in [0, 0.05) is 23.5 Å². The Kier molecular flexibility index (Phi) is 5.63. The van der Waals surface area contributed by atoms with Gasteiger partial charge >= 0.3 is 12.1 Å². The van der Waals surface area contributed by atoms with E-state index in [-0.39, 0.29) is 18.4 Å². The van der Waals surface area contributed by atoms with Crippen molar-refractivity contribution < 1.29 is 27.1 Å². The predicted molar refractivity (Wildman–Crippen MR) is 122 cm³/mol. The minimum absolute atomic E-state index is 0.0978. The molecule has 2 aromatic carbocycles. The van der Waals surface area contributed by atoms with Crippen LogP contribution in [0.3, 0.4) is 0 Å². The Hall–Kier alpha value is -3.61. The van der Waals surface area contributed by atoms with E-state index in [2.05, 4.69) is 0 Å². The Labute approximate surface area is 194 Å². The monoisotopic (exact) mass is 465 g/mol. The molecule has 2 aliphatic rings. The van der Waals surface area contributed by atoms with Crippen molar-refractivity contribution in [1.82, 2.24) is 0 Å². The summed E-state index contributed by atoms with van der Waals surface area (Å²) in [5.41, 5.74) is 3.65.